The number of nitrogens with zero attached hydrogens (tertiary/aromatic N) is 4. The number of hydrogen-bond donors (Lipinski definition) is 0. The van der Waals surface area contributed by atoms with Crippen LogP contribution in [0, 0.1) is 0 Å². The van der Waals surface area contributed by atoms with Gasteiger partial charge in [0.15, 0.2) is 0 Å². The van der Waals surface area contributed by atoms with Crippen LogP contribution in [0.25, 0.3) is 32.2 Å². The average molecular weight is 302 g/mol. The Morgan fingerprint density at radius 1 is 0.737 bits per heavy atom. The van der Waals surface area contributed by atoms with E-state index in [1.54, 1.807) is 35.1 Å². The molecule has 0 aliphatic heterocycles. The summed E-state index contributed by atoms with van der Waals surface area (Å²) in [5, 5.41) is 5.89. The maximum absolute atomic E-state index is 4.42. The molecule has 0 radical (unpaired) electrons. The first-order valence-corrected chi connectivity index (χ1v) is 7.97. The number of aromatic nitrogens is 4. The quantitative estimate of drug-likeness (QED) is 0.563. The molecule has 1 aromatic carbocycles. The molecule has 4 aromatic rings. The predicted octanol–water partition coefficient (Wildman–Crippen LogP) is 3.94. The maximum Gasteiger partial charge on any atom is 0.125 e. The number of rotatable bonds is 2. The monoisotopic (exact) mass is 302 g/mol. The van der Waals surface area contributed by atoms with Gasteiger partial charge in [0.2, 0.25) is 0 Å². The molecule has 3 aromatic heterocycles. The highest BCUT2D eigenvalue weighted by Gasteiger charge is 2.15. The zero-order valence-electron chi connectivity index (χ0n) is 9.48. The molecule has 0 spiro atoms. The molecule has 4 rings (SSSR count). The molecule has 0 saturated heterocycles. The van der Waals surface area contributed by atoms with Crippen molar-refractivity contribution < 1.29 is 0 Å². The molecule has 0 unspecified atom stereocenters. The van der Waals surface area contributed by atoms with E-state index in [1.807, 2.05) is 10.8 Å². The predicted molar refractivity (Wildman–Crippen MR) is 79.6 cm³/mol. The molecule has 0 saturated carbocycles. The van der Waals surface area contributed by atoms with E-state index in [0.717, 1.165) is 32.2 Å². The highest BCUT2D eigenvalue weighted by Crippen LogP contribution is 2.35. The van der Waals surface area contributed by atoms with Gasteiger partial charge in [0.25, 0.3) is 0 Å². The molecule has 0 amide bonds. The average Bonchev–Trinajstić information content (AvgIpc) is 3.19. The van der Waals surface area contributed by atoms with Crippen molar-refractivity contribution in [2.75, 3.05) is 0 Å². The van der Waals surface area contributed by atoms with E-state index in [1.165, 1.54) is 11.7 Å². The lowest BCUT2D eigenvalue weighted by atomic mass is 10.1. The summed E-state index contributed by atoms with van der Waals surface area (Å²) in [6.07, 6.45) is 3.61. The van der Waals surface area contributed by atoms with Crippen molar-refractivity contribution in [2.45, 2.75) is 0 Å². The van der Waals surface area contributed by atoms with Crippen LogP contribution in [-0.2, 0) is 0 Å². The number of hydrogen-bond acceptors (Lipinski definition) is 7. The van der Waals surface area contributed by atoms with Crippen LogP contribution in [-0.4, -0.2) is 18.7 Å². The summed E-state index contributed by atoms with van der Waals surface area (Å²) in [7, 11) is 0. The van der Waals surface area contributed by atoms with Crippen molar-refractivity contribution in [1.82, 2.24) is 18.7 Å². The van der Waals surface area contributed by atoms with E-state index in [-0.39, 0.29) is 0 Å². The first-order valence-electron chi connectivity index (χ1n) is 5.48. The third kappa shape index (κ3) is 1.78. The summed E-state index contributed by atoms with van der Waals surface area (Å²) in [5.41, 5.74) is 3.90. The van der Waals surface area contributed by atoms with E-state index in [2.05, 4.69) is 30.8 Å². The Balaban J connectivity index is 2.01. The molecule has 7 heteroatoms. The molecule has 0 bridgehead atoms. The molecule has 3 heterocycles. The molecule has 0 fully saturated rings. The van der Waals surface area contributed by atoms with Crippen LogP contribution in [0.5, 0.6) is 0 Å². The second kappa shape index (κ2) is 4.44. The summed E-state index contributed by atoms with van der Waals surface area (Å²) in [4.78, 5) is 8.70. The summed E-state index contributed by atoms with van der Waals surface area (Å²) in [5.74, 6) is 0. The third-order valence-corrected chi connectivity index (χ3v) is 4.88. The molecule has 0 atom stereocenters. The van der Waals surface area contributed by atoms with Crippen molar-refractivity contribution in [3.8, 4) is 21.1 Å². The van der Waals surface area contributed by atoms with Gasteiger partial charge in [-0.25, -0.2) is 9.97 Å². The van der Waals surface area contributed by atoms with Gasteiger partial charge in [-0.15, -0.1) is 22.7 Å². The van der Waals surface area contributed by atoms with Crippen molar-refractivity contribution in [3.63, 3.8) is 0 Å². The van der Waals surface area contributed by atoms with Gasteiger partial charge in [-0.3, -0.25) is 0 Å². The first-order chi connectivity index (χ1) is 9.43. The van der Waals surface area contributed by atoms with Gasteiger partial charge >= 0.3 is 0 Å². The Hall–Kier alpha value is -1.70. The lowest BCUT2D eigenvalue weighted by Crippen LogP contribution is -1.84. The van der Waals surface area contributed by atoms with E-state index in [9.17, 15) is 0 Å². The van der Waals surface area contributed by atoms with Crippen LogP contribution in [0.1, 0.15) is 0 Å². The Bertz CT molecular complexity index is 750. The number of fused-ring (bicyclic) bond motifs is 1. The molecule has 19 heavy (non-hydrogen) atoms. The zero-order valence-corrected chi connectivity index (χ0v) is 11.9. The Labute approximate surface area is 120 Å². The molecule has 0 aliphatic rings. The van der Waals surface area contributed by atoms with Gasteiger partial charge in [0.1, 0.15) is 21.0 Å². The first kappa shape index (κ1) is 11.2. The zero-order chi connectivity index (χ0) is 12.7. The smallest absolute Gasteiger partial charge is 0.125 e. The van der Waals surface area contributed by atoms with Gasteiger partial charge in [-0.05, 0) is 12.1 Å². The van der Waals surface area contributed by atoms with Gasteiger partial charge in [-0.1, -0.05) is 0 Å². The fraction of sp³-hybridized carbons (Fsp3) is 0. The minimum absolute atomic E-state index is 0.910. The maximum atomic E-state index is 4.42. The molecular formula is C12H6N4S3. The van der Waals surface area contributed by atoms with Crippen LogP contribution in [0.2, 0.25) is 0 Å². The molecule has 0 aliphatic carbocycles. The molecule has 4 nitrogen and oxygen atoms in total. The SMILES string of the molecule is c1csc(-c2ccc(-c3nccs3)c3nsnc23)n1. The van der Waals surface area contributed by atoms with Crippen LogP contribution in [0.4, 0.5) is 0 Å². The van der Waals surface area contributed by atoms with Crippen LogP contribution in [0.3, 0.4) is 0 Å². The van der Waals surface area contributed by atoms with Crippen LogP contribution in [0.15, 0.2) is 35.3 Å². The van der Waals surface area contributed by atoms with Crippen molar-refractivity contribution in [3.05, 3.63) is 35.3 Å². The van der Waals surface area contributed by atoms with Crippen molar-refractivity contribution >= 4 is 45.4 Å². The van der Waals surface area contributed by atoms with Crippen molar-refractivity contribution in [1.29, 1.82) is 0 Å². The Kier molecular flexibility index (Phi) is 2.61. The van der Waals surface area contributed by atoms with E-state index in [0.29, 0.717) is 0 Å². The van der Waals surface area contributed by atoms with Crippen LogP contribution >= 0.6 is 34.4 Å². The van der Waals surface area contributed by atoms with Gasteiger partial charge < -0.3 is 0 Å². The van der Waals surface area contributed by atoms with Gasteiger partial charge in [0.05, 0.1) is 11.7 Å². The summed E-state index contributed by atoms with van der Waals surface area (Å²) < 4.78 is 8.84. The minimum atomic E-state index is 0.910. The largest absolute Gasteiger partial charge is 0.244 e. The van der Waals surface area contributed by atoms with E-state index < -0.39 is 0 Å². The van der Waals surface area contributed by atoms with Crippen LogP contribution < -0.4 is 0 Å². The standard InChI is InChI=1S/C12H6N4S3/c1-2-8(12-14-4-6-18-12)10-9(15-19-16-10)7(1)11-13-3-5-17-11/h1-6H. The van der Waals surface area contributed by atoms with Gasteiger partial charge in [-0.2, -0.15) is 8.75 Å². The van der Waals surface area contributed by atoms with E-state index >= 15 is 0 Å². The summed E-state index contributed by atoms with van der Waals surface area (Å²) in [6.45, 7) is 0. The van der Waals surface area contributed by atoms with E-state index in [4.69, 9.17) is 0 Å². The fourth-order valence-electron chi connectivity index (χ4n) is 1.92. The molecule has 0 N–H and O–H groups in total. The Morgan fingerprint density at radius 3 is 1.68 bits per heavy atom. The number of benzene rings is 1. The van der Waals surface area contributed by atoms with Crippen molar-refractivity contribution in [2.24, 2.45) is 0 Å². The lowest BCUT2D eigenvalue weighted by Gasteiger charge is -2.01. The Morgan fingerprint density at radius 2 is 1.26 bits per heavy atom. The third-order valence-electron chi connectivity index (χ3n) is 2.74. The second-order valence-electron chi connectivity index (χ2n) is 3.80. The minimum Gasteiger partial charge on any atom is -0.244 e. The lowest BCUT2D eigenvalue weighted by molar-refractivity contribution is 1.40. The highest BCUT2D eigenvalue weighted by molar-refractivity contribution is 7.13. The second-order valence-corrected chi connectivity index (χ2v) is 6.11. The fourth-order valence-corrected chi connectivity index (χ4v) is 3.83. The molecular weight excluding hydrogens is 296 g/mol. The summed E-state index contributed by atoms with van der Waals surface area (Å²) in [6, 6.07) is 4.11. The number of thiazole rings is 2. The highest BCUT2D eigenvalue weighted by atomic mass is 32.1. The van der Waals surface area contributed by atoms with Gasteiger partial charge in [0, 0.05) is 34.3 Å². The molecule has 92 valence electrons. The normalized spacial score (nSPS) is 11.2. The topological polar surface area (TPSA) is 51.6 Å². The summed E-state index contributed by atoms with van der Waals surface area (Å²) >= 11 is 4.45.